The highest BCUT2D eigenvalue weighted by atomic mass is 16.3. The standard InChI is InChI=1S/C26H26N6O2/c1-16-2-7-24-28-14-22(32(24)15-16)19-4-5-21(25-20(19)13-29-26(25)34)30-23-6-3-17(12-27-23)31-10-8-18(33)9-11-31/h2-7,12,14-15,18,33H,8-11,13H2,1H3,(H,27,30)(H,29,34). The summed E-state index contributed by atoms with van der Waals surface area (Å²) in [6, 6.07) is 12.0. The van der Waals surface area contributed by atoms with Gasteiger partial charge in [-0.25, -0.2) is 9.97 Å². The second-order valence-corrected chi connectivity index (χ2v) is 9.02. The van der Waals surface area contributed by atoms with Gasteiger partial charge in [-0.2, -0.15) is 0 Å². The molecule has 0 unspecified atom stereocenters. The number of benzene rings is 1. The first-order valence-electron chi connectivity index (χ1n) is 11.6. The molecule has 8 heteroatoms. The lowest BCUT2D eigenvalue weighted by molar-refractivity contribution is 0.0966. The van der Waals surface area contributed by atoms with E-state index in [1.165, 1.54) is 0 Å². The van der Waals surface area contributed by atoms with Crippen molar-refractivity contribution in [3.63, 3.8) is 0 Å². The van der Waals surface area contributed by atoms with Gasteiger partial charge in [0.25, 0.3) is 5.91 Å². The Morgan fingerprint density at radius 2 is 1.91 bits per heavy atom. The molecular formula is C26H26N6O2. The van der Waals surface area contributed by atoms with E-state index >= 15 is 0 Å². The molecule has 0 bridgehead atoms. The monoisotopic (exact) mass is 454 g/mol. The summed E-state index contributed by atoms with van der Waals surface area (Å²) >= 11 is 0. The van der Waals surface area contributed by atoms with E-state index in [2.05, 4.69) is 43.0 Å². The minimum atomic E-state index is -0.203. The Bertz CT molecular complexity index is 1390. The zero-order valence-electron chi connectivity index (χ0n) is 19.0. The fraction of sp³-hybridized carbons (Fsp3) is 0.269. The maximum Gasteiger partial charge on any atom is 0.254 e. The van der Waals surface area contributed by atoms with Crippen molar-refractivity contribution in [1.29, 1.82) is 0 Å². The molecule has 1 aromatic carbocycles. The van der Waals surface area contributed by atoms with Crippen LogP contribution >= 0.6 is 0 Å². The molecule has 0 saturated carbocycles. The molecule has 1 fully saturated rings. The lowest BCUT2D eigenvalue weighted by Crippen LogP contribution is -2.35. The second kappa shape index (κ2) is 8.14. The number of carbonyl (C=O) groups excluding carboxylic acids is 1. The number of pyridine rings is 2. The molecule has 2 aliphatic heterocycles. The molecule has 4 aromatic rings. The number of rotatable bonds is 4. The average Bonchev–Trinajstić information content (AvgIpc) is 3.44. The number of carbonyl (C=O) groups is 1. The highest BCUT2D eigenvalue weighted by Gasteiger charge is 2.27. The predicted octanol–water partition coefficient (Wildman–Crippen LogP) is 3.65. The first-order valence-corrected chi connectivity index (χ1v) is 11.6. The van der Waals surface area contributed by atoms with Crippen LogP contribution in [0.5, 0.6) is 0 Å². The van der Waals surface area contributed by atoms with Crippen molar-refractivity contribution in [2.75, 3.05) is 23.3 Å². The van der Waals surface area contributed by atoms with Gasteiger partial charge in [-0.05, 0) is 55.2 Å². The summed E-state index contributed by atoms with van der Waals surface area (Å²) in [4.78, 5) is 24.1. The van der Waals surface area contributed by atoms with E-state index < -0.39 is 0 Å². The Kier molecular flexibility index (Phi) is 4.95. The molecule has 1 saturated heterocycles. The van der Waals surface area contributed by atoms with E-state index in [-0.39, 0.29) is 12.0 Å². The van der Waals surface area contributed by atoms with Crippen LogP contribution in [-0.2, 0) is 6.54 Å². The molecule has 0 atom stereocenters. The fourth-order valence-corrected chi connectivity index (χ4v) is 4.89. The van der Waals surface area contributed by atoms with Crippen LogP contribution in [-0.4, -0.2) is 44.6 Å². The van der Waals surface area contributed by atoms with Gasteiger partial charge in [-0.15, -0.1) is 0 Å². The molecule has 8 nitrogen and oxygen atoms in total. The molecule has 3 N–H and O–H groups in total. The van der Waals surface area contributed by atoms with Crippen LogP contribution in [0, 0.1) is 6.92 Å². The smallest absolute Gasteiger partial charge is 0.254 e. The SMILES string of the molecule is Cc1ccc2ncc(-c3ccc(Nc4ccc(N5CCC(O)CC5)cn4)c4c3CNC4=O)n2c1. The number of aliphatic hydroxyl groups excluding tert-OH is 1. The van der Waals surface area contributed by atoms with Gasteiger partial charge in [0.2, 0.25) is 0 Å². The fourth-order valence-electron chi connectivity index (χ4n) is 4.89. The summed E-state index contributed by atoms with van der Waals surface area (Å²) in [6.45, 7) is 4.19. The maximum atomic E-state index is 12.8. The number of aliphatic hydroxyl groups is 1. The largest absolute Gasteiger partial charge is 0.393 e. The lowest BCUT2D eigenvalue weighted by Gasteiger charge is -2.31. The Hall–Kier alpha value is -3.91. The number of piperidine rings is 1. The Morgan fingerprint density at radius 3 is 2.71 bits per heavy atom. The van der Waals surface area contributed by atoms with Gasteiger partial charge in [0.05, 0.1) is 41.1 Å². The molecule has 34 heavy (non-hydrogen) atoms. The summed E-state index contributed by atoms with van der Waals surface area (Å²) in [5.41, 5.74) is 7.36. The summed E-state index contributed by atoms with van der Waals surface area (Å²) in [7, 11) is 0. The van der Waals surface area contributed by atoms with Crippen molar-refractivity contribution < 1.29 is 9.90 Å². The Labute approximate surface area is 197 Å². The Balaban J connectivity index is 1.31. The quantitative estimate of drug-likeness (QED) is 0.436. The van der Waals surface area contributed by atoms with Crippen molar-refractivity contribution in [1.82, 2.24) is 19.7 Å². The van der Waals surface area contributed by atoms with Crippen LogP contribution in [0.4, 0.5) is 17.2 Å². The summed E-state index contributed by atoms with van der Waals surface area (Å²) < 4.78 is 2.07. The molecule has 2 aliphatic rings. The molecular weight excluding hydrogens is 428 g/mol. The van der Waals surface area contributed by atoms with Gasteiger partial charge in [0.1, 0.15) is 11.5 Å². The van der Waals surface area contributed by atoms with E-state index in [9.17, 15) is 9.90 Å². The number of hydrogen-bond donors (Lipinski definition) is 3. The average molecular weight is 455 g/mol. The van der Waals surface area contributed by atoms with Gasteiger partial charge in [0.15, 0.2) is 0 Å². The minimum absolute atomic E-state index is 0.0900. The third-order valence-corrected chi connectivity index (χ3v) is 6.74. The van der Waals surface area contributed by atoms with Crippen LogP contribution < -0.4 is 15.5 Å². The van der Waals surface area contributed by atoms with Gasteiger partial charge in [-0.1, -0.05) is 12.1 Å². The van der Waals surface area contributed by atoms with E-state index in [4.69, 9.17) is 0 Å². The summed E-state index contributed by atoms with van der Waals surface area (Å²) in [6.07, 6.45) is 7.12. The predicted molar refractivity (Wildman–Crippen MR) is 132 cm³/mol. The molecule has 0 aliphatic carbocycles. The van der Waals surface area contributed by atoms with Gasteiger partial charge >= 0.3 is 0 Å². The van der Waals surface area contributed by atoms with Crippen molar-refractivity contribution >= 4 is 28.7 Å². The van der Waals surface area contributed by atoms with Gasteiger partial charge in [0, 0.05) is 31.4 Å². The highest BCUT2D eigenvalue weighted by molar-refractivity contribution is 6.06. The second-order valence-electron chi connectivity index (χ2n) is 9.02. The van der Waals surface area contributed by atoms with Crippen molar-refractivity contribution in [2.45, 2.75) is 32.4 Å². The van der Waals surface area contributed by atoms with Gasteiger partial charge < -0.3 is 20.6 Å². The number of imidazole rings is 1. The van der Waals surface area contributed by atoms with Crippen molar-refractivity contribution in [3.05, 3.63) is 71.7 Å². The number of amides is 1. The third-order valence-electron chi connectivity index (χ3n) is 6.74. The molecule has 172 valence electrons. The maximum absolute atomic E-state index is 12.8. The van der Waals surface area contributed by atoms with Crippen LogP contribution in [0.3, 0.4) is 0 Å². The van der Waals surface area contributed by atoms with E-state index in [0.29, 0.717) is 17.9 Å². The number of aryl methyl sites for hydroxylation is 1. The number of hydrogen-bond acceptors (Lipinski definition) is 6. The molecule has 3 aromatic heterocycles. The van der Waals surface area contributed by atoms with Crippen LogP contribution in [0.15, 0.2) is 55.0 Å². The number of nitrogens with one attached hydrogen (secondary N) is 2. The van der Waals surface area contributed by atoms with Crippen LogP contribution in [0.25, 0.3) is 16.9 Å². The minimum Gasteiger partial charge on any atom is -0.393 e. The zero-order valence-corrected chi connectivity index (χ0v) is 19.0. The number of nitrogens with zero attached hydrogens (tertiary/aromatic N) is 4. The summed E-state index contributed by atoms with van der Waals surface area (Å²) in [5.74, 6) is 0.591. The van der Waals surface area contributed by atoms with Crippen LogP contribution in [0.2, 0.25) is 0 Å². The third kappa shape index (κ3) is 3.56. The van der Waals surface area contributed by atoms with Crippen molar-refractivity contribution in [2.24, 2.45) is 0 Å². The lowest BCUT2D eigenvalue weighted by atomic mass is 9.99. The normalized spacial score (nSPS) is 16.1. The van der Waals surface area contributed by atoms with E-state index in [1.54, 1.807) is 0 Å². The number of anilines is 3. The first kappa shape index (κ1) is 20.7. The van der Waals surface area contributed by atoms with E-state index in [0.717, 1.165) is 65.3 Å². The molecule has 0 radical (unpaired) electrons. The topological polar surface area (TPSA) is 94.8 Å². The number of aromatic nitrogens is 3. The Morgan fingerprint density at radius 1 is 1.06 bits per heavy atom. The highest BCUT2D eigenvalue weighted by Crippen LogP contribution is 2.35. The van der Waals surface area contributed by atoms with Gasteiger partial charge in [-0.3, -0.25) is 9.20 Å². The first-order chi connectivity index (χ1) is 16.6. The zero-order chi connectivity index (χ0) is 23.2. The molecule has 6 rings (SSSR count). The number of fused-ring (bicyclic) bond motifs is 2. The van der Waals surface area contributed by atoms with E-state index in [1.807, 2.05) is 48.8 Å². The molecule has 5 heterocycles. The van der Waals surface area contributed by atoms with Crippen LogP contribution in [0.1, 0.15) is 34.3 Å². The molecule has 1 amide bonds. The molecule has 0 spiro atoms. The van der Waals surface area contributed by atoms with Crippen molar-refractivity contribution in [3.8, 4) is 11.3 Å². The summed E-state index contributed by atoms with van der Waals surface area (Å²) in [5, 5.41) is 16.0.